The minimum atomic E-state index is -0.596. The van der Waals surface area contributed by atoms with Crippen molar-refractivity contribution in [3.8, 4) is 11.4 Å². The molecule has 2 aromatic carbocycles. The molecule has 3 aromatic rings. The van der Waals surface area contributed by atoms with Crippen molar-refractivity contribution in [1.82, 2.24) is 4.57 Å². The Labute approximate surface area is 161 Å². The number of rotatable bonds is 4. The number of methoxy groups -OCH3 is 1. The number of hydrogen-bond donors (Lipinski definition) is 1. The Bertz CT molecular complexity index is 972. The predicted molar refractivity (Wildman–Crippen MR) is 101 cm³/mol. The monoisotopic (exact) mass is 387 g/mol. The minimum absolute atomic E-state index is 0.0278. The molecule has 0 amide bonds. The van der Waals surface area contributed by atoms with Crippen LogP contribution in [0.25, 0.3) is 5.69 Å². The molecule has 4 rings (SSSR count). The fourth-order valence-corrected chi connectivity index (χ4v) is 3.84. The second-order valence-electron chi connectivity index (χ2n) is 6.39. The first-order valence-electron chi connectivity index (χ1n) is 8.70. The lowest BCUT2D eigenvalue weighted by molar-refractivity contribution is -0.00729. The SMILES string of the molecule is COc1c(F)cccc1C1OC(CCO)c2cccn2-c2ccc(Cl)cc21. The summed E-state index contributed by atoms with van der Waals surface area (Å²) in [7, 11) is 1.44. The van der Waals surface area contributed by atoms with Gasteiger partial charge in [0.05, 0.1) is 18.5 Å². The maximum absolute atomic E-state index is 14.4. The van der Waals surface area contributed by atoms with Gasteiger partial charge in [-0.2, -0.15) is 0 Å². The molecule has 0 aliphatic carbocycles. The average Bonchev–Trinajstić information content (AvgIpc) is 3.10. The third-order valence-electron chi connectivity index (χ3n) is 4.82. The van der Waals surface area contributed by atoms with E-state index in [1.165, 1.54) is 13.2 Å². The highest BCUT2D eigenvalue weighted by molar-refractivity contribution is 6.30. The van der Waals surface area contributed by atoms with Gasteiger partial charge in [0.25, 0.3) is 0 Å². The standard InChI is InChI=1S/C21H19ClFNO3/c1-26-21-14(4-2-5-16(21)23)20-15-12-13(22)7-8-17(15)24-10-3-6-18(24)19(27-20)9-11-25/h2-8,10,12,19-20,25H,9,11H2,1H3. The predicted octanol–water partition coefficient (Wildman–Crippen LogP) is 4.82. The zero-order valence-electron chi connectivity index (χ0n) is 14.7. The van der Waals surface area contributed by atoms with Crippen molar-refractivity contribution in [2.75, 3.05) is 13.7 Å². The number of benzene rings is 2. The van der Waals surface area contributed by atoms with Crippen LogP contribution in [0.5, 0.6) is 5.75 Å². The molecule has 0 bridgehead atoms. The number of para-hydroxylation sites is 1. The van der Waals surface area contributed by atoms with E-state index in [9.17, 15) is 9.50 Å². The van der Waals surface area contributed by atoms with E-state index in [0.29, 0.717) is 17.0 Å². The van der Waals surface area contributed by atoms with Crippen LogP contribution in [0.4, 0.5) is 4.39 Å². The Kier molecular flexibility index (Phi) is 4.91. The second kappa shape index (κ2) is 7.35. The molecule has 1 N–H and O–H groups in total. The summed E-state index contributed by atoms with van der Waals surface area (Å²) in [5.74, 6) is -0.313. The van der Waals surface area contributed by atoms with Gasteiger partial charge < -0.3 is 19.1 Å². The fourth-order valence-electron chi connectivity index (χ4n) is 3.66. The van der Waals surface area contributed by atoms with Crippen LogP contribution in [0.1, 0.15) is 35.4 Å². The van der Waals surface area contributed by atoms with Crippen LogP contribution in [-0.4, -0.2) is 23.4 Å². The van der Waals surface area contributed by atoms with Gasteiger partial charge in [0.15, 0.2) is 11.6 Å². The van der Waals surface area contributed by atoms with E-state index in [4.69, 9.17) is 21.1 Å². The third-order valence-corrected chi connectivity index (χ3v) is 5.05. The topological polar surface area (TPSA) is 43.6 Å². The van der Waals surface area contributed by atoms with Crippen LogP contribution in [0.15, 0.2) is 54.7 Å². The Balaban J connectivity index is 1.96. The summed E-state index contributed by atoms with van der Waals surface area (Å²) in [4.78, 5) is 0. The summed E-state index contributed by atoms with van der Waals surface area (Å²) in [6.45, 7) is -0.0278. The summed E-state index contributed by atoms with van der Waals surface area (Å²) in [6, 6.07) is 14.2. The van der Waals surface area contributed by atoms with Crippen molar-refractivity contribution in [2.45, 2.75) is 18.6 Å². The van der Waals surface area contributed by atoms with Crippen LogP contribution in [0.2, 0.25) is 5.02 Å². The minimum Gasteiger partial charge on any atom is -0.493 e. The summed E-state index contributed by atoms with van der Waals surface area (Å²) < 4.78 is 28.1. The molecule has 2 atom stereocenters. The number of aliphatic hydroxyl groups is 1. The molecular formula is C21H19ClFNO3. The number of hydrogen-bond acceptors (Lipinski definition) is 3. The molecule has 0 fully saturated rings. The normalized spacial score (nSPS) is 18.5. The molecule has 2 heterocycles. The Morgan fingerprint density at radius 2 is 2.04 bits per heavy atom. The maximum atomic E-state index is 14.4. The van der Waals surface area contributed by atoms with E-state index >= 15 is 0 Å². The van der Waals surface area contributed by atoms with Crippen LogP contribution in [0.3, 0.4) is 0 Å². The van der Waals surface area contributed by atoms with Crippen molar-refractivity contribution >= 4 is 11.6 Å². The highest BCUT2D eigenvalue weighted by atomic mass is 35.5. The molecule has 27 heavy (non-hydrogen) atoms. The largest absolute Gasteiger partial charge is 0.493 e. The number of fused-ring (bicyclic) bond motifs is 3. The molecule has 6 heteroatoms. The lowest BCUT2D eigenvalue weighted by Crippen LogP contribution is -2.13. The van der Waals surface area contributed by atoms with E-state index in [-0.39, 0.29) is 18.5 Å². The number of aliphatic hydroxyl groups excluding tert-OH is 1. The van der Waals surface area contributed by atoms with Crippen LogP contribution < -0.4 is 4.74 Å². The molecule has 140 valence electrons. The van der Waals surface area contributed by atoms with Gasteiger partial charge in [-0.05, 0) is 36.4 Å². The van der Waals surface area contributed by atoms with Gasteiger partial charge in [-0.15, -0.1) is 0 Å². The molecule has 0 radical (unpaired) electrons. The number of halogens is 2. The zero-order valence-corrected chi connectivity index (χ0v) is 15.5. The molecule has 0 saturated carbocycles. The molecular weight excluding hydrogens is 369 g/mol. The van der Waals surface area contributed by atoms with Crippen molar-refractivity contribution in [1.29, 1.82) is 0 Å². The van der Waals surface area contributed by atoms with E-state index in [2.05, 4.69) is 0 Å². The van der Waals surface area contributed by atoms with Gasteiger partial charge in [-0.25, -0.2) is 4.39 Å². The van der Waals surface area contributed by atoms with E-state index < -0.39 is 11.9 Å². The van der Waals surface area contributed by atoms with Gasteiger partial charge in [-0.3, -0.25) is 0 Å². The molecule has 0 spiro atoms. The van der Waals surface area contributed by atoms with Crippen LogP contribution >= 0.6 is 11.6 Å². The van der Waals surface area contributed by atoms with Gasteiger partial charge in [0, 0.05) is 35.4 Å². The summed E-state index contributed by atoms with van der Waals surface area (Å²) >= 11 is 6.28. The number of aromatic nitrogens is 1. The Hall–Kier alpha value is -2.34. The second-order valence-corrected chi connectivity index (χ2v) is 6.82. The molecule has 2 unspecified atom stereocenters. The van der Waals surface area contributed by atoms with Crippen LogP contribution in [0, 0.1) is 5.82 Å². The summed E-state index contributed by atoms with van der Waals surface area (Å²) in [5.41, 5.74) is 3.21. The van der Waals surface area contributed by atoms with Gasteiger partial charge >= 0.3 is 0 Å². The molecule has 0 saturated heterocycles. The quantitative estimate of drug-likeness (QED) is 0.697. The average molecular weight is 388 g/mol. The lowest BCUT2D eigenvalue weighted by Gasteiger charge is -2.24. The highest BCUT2D eigenvalue weighted by Gasteiger charge is 2.32. The maximum Gasteiger partial charge on any atom is 0.165 e. The van der Waals surface area contributed by atoms with Gasteiger partial charge in [-0.1, -0.05) is 23.7 Å². The van der Waals surface area contributed by atoms with Gasteiger partial charge in [0.1, 0.15) is 12.2 Å². The first kappa shape index (κ1) is 18.0. The van der Waals surface area contributed by atoms with Crippen LogP contribution in [-0.2, 0) is 4.74 Å². The summed E-state index contributed by atoms with van der Waals surface area (Å²) in [6.07, 6.45) is 1.40. The van der Waals surface area contributed by atoms with Crippen molar-refractivity contribution in [3.05, 3.63) is 82.4 Å². The number of ether oxygens (including phenoxy) is 2. The first-order chi connectivity index (χ1) is 13.1. The molecule has 1 aromatic heterocycles. The van der Waals surface area contributed by atoms with Crippen molar-refractivity contribution < 1.29 is 19.0 Å². The third kappa shape index (κ3) is 3.12. The van der Waals surface area contributed by atoms with E-state index in [1.54, 1.807) is 12.1 Å². The first-order valence-corrected chi connectivity index (χ1v) is 9.07. The van der Waals surface area contributed by atoms with Crippen molar-refractivity contribution in [2.24, 2.45) is 0 Å². The smallest absolute Gasteiger partial charge is 0.165 e. The Morgan fingerprint density at radius 3 is 2.81 bits per heavy atom. The lowest BCUT2D eigenvalue weighted by atomic mass is 9.98. The number of nitrogens with zero attached hydrogens (tertiary/aromatic N) is 1. The van der Waals surface area contributed by atoms with Gasteiger partial charge in [0.2, 0.25) is 0 Å². The highest BCUT2D eigenvalue weighted by Crippen LogP contribution is 2.44. The molecule has 1 aliphatic rings. The fraction of sp³-hybridized carbons (Fsp3) is 0.238. The zero-order chi connectivity index (χ0) is 19.0. The van der Waals surface area contributed by atoms with E-state index in [0.717, 1.165) is 16.9 Å². The Morgan fingerprint density at radius 1 is 1.19 bits per heavy atom. The van der Waals surface area contributed by atoms with Crippen molar-refractivity contribution in [3.63, 3.8) is 0 Å². The summed E-state index contributed by atoms with van der Waals surface area (Å²) in [5, 5.41) is 10.1. The molecule has 4 nitrogen and oxygen atoms in total. The molecule has 1 aliphatic heterocycles. The van der Waals surface area contributed by atoms with E-state index in [1.807, 2.05) is 41.1 Å².